The Hall–Kier alpha value is -2.97. The van der Waals surface area contributed by atoms with Crippen LogP contribution in [0.15, 0.2) is 78.0 Å². The Bertz CT molecular complexity index is 1060. The van der Waals surface area contributed by atoms with Gasteiger partial charge in [0.15, 0.2) is 6.04 Å². The lowest BCUT2D eigenvalue weighted by atomic mass is 10.1. The van der Waals surface area contributed by atoms with Crippen molar-refractivity contribution in [3.63, 3.8) is 0 Å². The van der Waals surface area contributed by atoms with E-state index in [0.717, 1.165) is 18.4 Å². The molecule has 1 aliphatic rings. The fourth-order valence-electron chi connectivity index (χ4n) is 3.49. The van der Waals surface area contributed by atoms with E-state index in [-0.39, 0.29) is 10.8 Å². The minimum absolute atomic E-state index is 0.240. The second-order valence-corrected chi connectivity index (χ2v) is 8.86. The first kappa shape index (κ1) is 19.4. The summed E-state index contributed by atoms with van der Waals surface area (Å²) >= 11 is 0. The lowest BCUT2D eigenvalue weighted by Gasteiger charge is -2.18. The second kappa shape index (κ2) is 8.18. The average Bonchev–Trinajstić information content (AvgIpc) is 3.44. The van der Waals surface area contributed by atoms with Crippen LogP contribution in [-0.4, -0.2) is 41.5 Å². The van der Waals surface area contributed by atoms with Crippen molar-refractivity contribution in [3.05, 3.63) is 78.6 Å². The van der Waals surface area contributed by atoms with E-state index in [1.165, 1.54) is 16.4 Å². The van der Waals surface area contributed by atoms with Crippen molar-refractivity contribution in [2.45, 2.75) is 23.8 Å². The van der Waals surface area contributed by atoms with Gasteiger partial charge in [-0.25, -0.2) is 8.42 Å². The van der Waals surface area contributed by atoms with E-state index in [2.05, 4.69) is 10.4 Å². The van der Waals surface area contributed by atoms with Crippen LogP contribution in [0.5, 0.6) is 0 Å². The largest absolute Gasteiger partial charge is 0.324 e. The van der Waals surface area contributed by atoms with Gasteiger partial charge in [-0.3, -0.25) is 9.48 Å². The summed E-state index contributed by atoms with van der Waals surface area (Å²) < 4.78 is 28.4. The molecule has 2 heterocycles. The number of hydrogen-bond acceptors (Lipinski definition) is 4. The highest BCUT2D eigenvalue weighted by Crippen LogP contribution is 2.24. The van der Waals surface area contributed by atoms with Crippen molar-refractivity contribution in [1.82, 2.24) is 14.1 Å². The van der Waals surface area contributed by atoms with Crippen molar-refractivity contribution in [2.75, 3.05) is 18.4 Å². The number of carbonyl (C=O) groups excluding carboxylic acids is 1. The molecule has 1 atom stereocenters. The van der Waals surface area contributed by atoms with Crippen LogP contribution in [0, 0.1) is 0 Å². The molecule has 0 radical (unpaired) electrons. The Morgan fingerprint density at radius 2 is 1.66 bits per heavy atom. The molecule has 0 bridgehead atoms. The predicted molar refractivity (Wildman–Crippen MR) is 110 cm³/mol. The lowest BCUT2D eigenvalue weighted by molar-refractivity contribution is -0.118. The molecular weight excluding hydrogens is 388 g/mol. The molecule has 1 amide bonds. The van der Waals surface area contributed by atoms with Crippen LogP contribution >= 0.6 is 0 Å². The third-order valence-electron chi connectivity index (χ3n) is 4.98. The number of sulfonamides is 1. The maximum atomic E-state index is 13.0. The second-order valence-electron chi connectivity index (χ2n) is 6.92. The van der Waals surface area contributed by atoms with Crippen LogP contribution in [0.3, 0.4) is 0 Å². The van der Waals surface area contributed by atoms with E-state index in [0.29, 0.717) is 18.8 Å². The Kier molecular flexibility index (Phi) is 5.46. The summed E-state index contributed by atoms with van der Waals surface area (Å²) in [6.45, 7) is 1.12. The van der Waals surface area contributed by atoms with Crippen LogP contribution < -0.4 is 5.32 Å². The number of amides is 1. The number of carbonyl (C=O) groups is 1. The monoisotopic (exact) mass is 410 g/mol. The van der Waals surface area contributed by atoms with Crippen molar-refractivity contribution in [3.8, 4) is 0 Å². The van der Waals surface area contributed by atoms with Crippen LogP contribution in [-0.2, 0) is 14.8 Å². The highest BCUT2D eigenvalue weighted by Gasteiger charge is 2.27. The topological polar surface area (TPSA) is 84.3 Å². The summed E-state index contributed by atoms with van der Waals surface area (Å²) in [4.78, 5) is 13.2. The zero-order valence-corrected chi connectivity index (χ0v) is 16.6. The minimum atomic E-state index is -3.47. The third-order valence-corrected chi connectivity index (χ3v) is 6.89. The highest BCUT2D eigenvalue weighted by molar-refractivity contribution is 7.89. The number of aromatic nitrogens is 2. The van der Waals surface area contributed by atoms with Crippen LogP contribution in [0.1, 0.15) is 24.4 Å². The Balaban J connectivity index is 1.54. The molecule has 0 aliphatic carbocycles. The van der Waals surface area contributed by atoms with Gasteiger partial charge in [-0.15, -0.1) is 0 Å². The van der Waals surface area contributed by atoms with Gasteiger partial charge in [0.05, 0.1) is 4.90 Å². The smallest absolute Gasteiger partial charge is 0.253 e. The molecule has 29 heavy (non-hydrogen) atoms. The molecule has 0 saturated carbocycles. The molecule has 4 rings (SSSR count). The summed E-state index contributed by atoms with van der Waals surface area (Å²) in [5.74, 6) is -0.255. The first-order valence-corrected chi connectivity index (χ1v) is 10.9. The molecule has 150 valence electrons. The average molecular weight is 410 g/mol. The standard InChI is InChI=1S/C21H22N4O3S/c26-21(20(25-16-6-13-22-25)17-7-2-1-3-8-17)23-18-9-11-19(12-10-18)29(27,28)24-14-4-5-15-24/h1-3,6-13,16,20H,4-5,14-15H2,(H,23,26). The molecule has 1 saturated heterocycles. The molecule has 7 nitrogen and oxygen atoms in total. The predicted octanol–water partition coefficient (Wildman–Crippen LogP) is 2.90. The van der Waals surface area contributed by atoms with Gasteiger partial charge in [-0.2, -0.15) is 9.40 Å². The first-order valence-electron chi connectivity index (χ1n) is 9.51. The number of nitrogens with one attached hydrogen (secondary N) is 1. The van der Waals surface area contributed by atoms with Gasteiger partial charge in [0.25, 0.3) is 5.91 Å². The Morgan fingerprint density at radius 1 is 0.966 bits per heavy atom. The first-order chi connectivity index (χ1) is 14.1. The normalized spacial score (nSPS) is 15.9. The quantitative estimate of drug-likeness (QED) is 0.677. The van der Waals surface area contributed by atoms with Crippen molar-refractivity contribution < 1.29 is 13.2 Å². The highest BCUT2D eigenvalue weighted by atomic mass is 32.2. The third kappa shape index (κ3) is 4.08. The molecule has 3 aromatic rings. The number of rotatable bonds is 6. The molecule has 1 aliphatic heterocycles. The summed E-state index contributed by atoms with van der Waals surface area (Å²) in [5, 5.41) is 7.09. The van der Waals surface area contributed by atoms with Gasteiger partial charge in [-0.1, -0.05) is 30.3 Å². The summed E-state index contributed by atoms with van der Waals surface area (Å²) in [6.07, 6.45) is 5.15. The number of hydrogen-bond donors (Lipinski definition) is 1. The van der Waals surface area contributed by atoms with Gasteiger partial charge in [0, 0.05) is 31.2 Å². The van der Waals surface area contributed by atoms with Crippen LogP contribution in [0.25, 0.3) is 0 Å². The minimum Gasteiger partial charge on any atom is -0.324 e. The molecule has 8 heteroatoms. The van der Waals surface area contributed by atoms with E-state index >= 15 is 0 Å². The SMILES string of the molecule is O=C(Nc1ccc(S(=O)(=O)N2CCCC2)cc1)C(c1ccccc1)n1cccn1. The molecule has 1 N–H and O–H groups in total. The summed E-state index contributed by atoms with van der Waals surface area (Å²) in [6, 6.07) is 16.8. The fraction of sp³-hybridized carbons (Fsp3) is 0.238. The Morgan fingerprint density at radius 3 is 2.28 bits per heavy atom. The van der Waals surface area contributed by atoms with Crippen molar-refractivity contribution in [1.29, 1.82) is 0 Å². The number of nitrogens with zero attached hydrogens (tertiary/aromatic N) is 3. The van der Waals surface area contributed by atoms with E-state index in [1.54, 1.807) is 35.3 Å². The fourth-order valence-corrected chi connectivity index (χ4v) is 5.01. The summed E-state index contributed by atoms with van der Waals surface area (Å²) in [7, 11) is -3.47. The van der Waals surface area contributed by atoms with Crippen LogP contribution in [0.4, 0.5) is 5.69 Å². The Labute approximate surface area is 170 Å². The van der Waals surface area contributed by atoms with E-state index < -0.39 is 16.1 Å². The maximum absolute atomic E-state index is 13.0. The van der Waals surface area contributed by atoms with E-state index in [4.69, 9.17) is 0 Å². The zero-order chi connectivity index (χ0) is 20.3. The molecule has 1 unspecified atom stereocenters. The van der Waals surface area contributed by atoms with Gasteiger partial charge < -0.3 is 5.32 Å². The maximum Gasteiger partial charge on any atom is 0.253 e. The lowest BCUT2D eigenvalue weighted by Crippen LogP contribution is -2.28. The molecular formula is C21H22N4O3S. The molecule has 0 spiro atoms. The molecule has 1 fully saturated rings. The molecule has 2 aromatic carbocycles. The van der Waals surface area contributed by atoms with Gasteiger partial charge in [0.2, 0.25) is 10.0 Å². The van der Waals surface area contributed by atoms with Gasteiger partial charge >= 0.3 is 0 Å². The summed E-state index contributed by atoms with van der Waals surface area (Å²) in [5.41, 5.74) is 1.34. The number of anilines is 1. The number of benzene rings is 2. The van der Waals surface area contributed by atoms with E-state index in [9.17, 15) is 13.2 Å². The van der Waals surface area contributed by atoms with Crippen molar-refractivity contribution in [2.24, 2.45) is 0 Å². The molecule has 1 aromatic heterocycles. The zero-order valence-electron chi connectivity index (χ0n) is 15.8. The van der Waals surface area contributed by atoms with E-state index in [1.807, 2.05) is 30.3 Å². The van der Waals surface area contributed by atoms with Gasteiger partial charge in [0.1, 0.15) is 0 Å². The van der Waals surface area contributed by atoms with Crippen LogP contribution in [0.2, 0.25) is 0 Å². The van der Waals surface area contributed by atoms with Crippen molar-refractivity contribution >= 4 is 21.6 Å². The van der Waals surface area contributed by atoms with Gasteiger partial charge in [-0.05, 0) is 48.7 Å².